The van der Waals surface area contributed by atoms with Gasteiger partial charge in [-0.15, -0.1) is 0 Å². The van der Waals surface area contributed by atoms with Crippen LogP contribution in [0.1, 0.15) is 44.9 Å². The van der Waals surface area contributed by atoms with E-state index in [-0.39, 0.29) is 0 Å². The van der Waals surface area contributed by atoms with Gasteiger partial charge in [-0.2, -0.15) is 0 Å². The van der Waals surface area contributed by atoms with Crippen LogP contribution in [0.25, 0.3) is 0 Å². The van der Waals surface area contributed by atoms with Crippen molar-refractivity contribution in [1.29, 1.82) is 0 Å². The molecule has 3 heteroatoms. The summed E-state index contributed by atoms with van der Waals surface area (Å²) in [6.07, 6.45) is 11.9. The Balaban J connectivity index is 1.59. The Morgan fingerprint density at radius 2 is 1.89 bits per heavy atom. The molecule has 3 unspecified atom stereocenters. The molecular weight excluding hydrogens is 288 g/mol. The maximum Gasteiger partial charge on any atom is 0.106 e. The minimum absolute atomic E-state index is 0.660. The van der Waals surface area contributed by atoms with Gasteiger partial charge < -0.3 is 5.32 Å². The minimum atomic E-state index is 0.660. The second-order valence-electron chi connectivity index (χ2n) is 5.83. The number of nitrogens with zero attached hydrogens (tertiary/aromatic N) is 1. The molecule has 3 atom stereocenters. The molecule has 1 heterocycles. The normalized spacial score (nSPS) is 31.7. The maximum absolute atomic E-state index is 4.28. The van der Waals surface area contributed by atoms with E-state index in [4.69, 9.17) is 0 Å². The van der Waals surface area contributed by atoms with E-state index >= 15 is 0 Å². The highest BCUT2D eigenvalue weighted by Crippen LogP contribution is 2.41. The van der Waals surface area contributed by atoms with Crippen molar-refractivity contribution < 1.29 is 0 Å². The van der Waals surface area contributed by atoms with Crippen LogP contribution < -0.4 is 5.32 Å². The van der Waals surface area contributed by atoms with Crippen molar-refractivity contribution >= 4 is 21.6 Å². The highest BCUT2D eigenvalue weighted by Gasteiger charge is 2.31. The molecule has 3 rings (SSSR count). The summed E-state index contributed by atoms with van der Waals surface area (Å²) in [6, 6.07) is 4.78. The van der Waals surface area contributed by atoms with E-state index in [2.05, 4.69) is 32.3 Å². The van der Waals surface area contributed by atoms with Crippen LogP contribution in [0.15, 0.2) is 22.9 Å². The molecule has 0 saturated heterocycles. The minimum Gasteiger partial charge on any atom is -0.381 e. The van der Waals surface area contributed by atoms with Gasteiger partial charge in [0.2, 0.25) is 0 Å². The number of hydrogen-bond acceptors (Lipinski definition) is 2. The zero-order valence-corrected chi connectivity index (χ0v) is 12.3. The number of halogens is 1. The van der Waals surface area contributed by atoms with Gasteiger partial charge in [-0.3, -0.25) is 0 Å². The maximum atomic E-state index is 4.28. The van der Waals surface area contributed by atoms with Crippen LogP contribution in [0.3, 0.4) is 0 Å². The molecule has 1 aromatic heterocycles. The molecule has 2 fully saturated rings. The summed E-state index contributed by atoms with van der Waals surface area (Å²) in [7, 11) is 0. The third-order valence-electron chi connectivity index (χ3n) is 4.64. The highest BCUT2D eigenvalue weighted by molar-refractivity contribution is 9.10. The molecule has 2 saturated carbocycles. The molecule has 18 heavy (non-hydrogen) atoms. The number of nitrogens with one attached hydrogen (secondary N) is 1. The van der Waals surface area contributed by atoms with E-state index < -0.39 is 0 Å². The molecule has 0 aromatic carbocycles. The summed E-state index contributed by atoms with van der Waals surface area (Å²) >= 11 is 3.38. The highest BCUT2D eigenvalue weighted by atomic mass is 79.9. The Kier molecular flexibility index (Phi) is 3.88. The van der Waals surface area contributed by atoms with Crippen LogP contribution in [0.4, 0.5) is 5.69 Å². The first-order chi connectivity index (χ1) is 8.81. The number of hydrogen-bond donors (Lipinski definition) is 1. The van der Waals surface area contributed by atoms with Crippen LogP contribution in [-0.2, 0) is 0 Å². The van der Waals surface area contributed by atoms with E-state index in [9.17, 15) is 0 Å². The first kappa shape index (κ1) is 12.5. The van der Waals surface area contributed by atoms with E-state index in [0.717, 1.165) is 22.1 Å². The van der Waals surface area contributed by atoms with Crippen LogP contribution in [0.5, 0.6) is 0 Å². The van der Waals surface area contributed by atoms with Crippen molar-refractivity contribution in [3.05, 3.63) is 22.9 Å². The van der Waals surface area contributed by atoms with Gasteiger partial charge in [-0.05, 0) is 59.2 Å². The first-order valence-corrected chi connectivity index (χ1v) is 7.98. The van der Waals surface area contributed by atoms with Crippen molar-refractivity contribution in [2.45, 2.75) is 51.0 Å². The second-order valence-corrected chi connectivity index (χ2v) is 6.64. The lowest BCUT2D eigenvalue weighted by molar-refractivity contribution is 0.162. The summed E-state index contributed by atoms with van der Waals surface area (Å²) < 4.78 is 0.907. The molecule has 0 spiro atoms. The molecule has 2 nitrogen and oxygen atoms in total. The van der Waals surface area contributed by atoms with E-state index in [1.807, 2.05) is 12.3 Å². The van der Waals surface area contributed by atoms with E-state index in [1.165, 1.54) is 44.9 Å². The number of fused-ring (bicyclic) bond motifs is 1. The molecular formula is C15H21BrN2. The van der Waals surface area contributed by atoms with Gasteiger partial charge >= 0.3 is 0 Å². The quantitative estimate of drug-likeness (QED) is 0.807. The summed E-state index contributed by atoms with van der Waals surface area (Å²) in [5.41, 5.74) is 1.16. The molecule has 0 aliphatic heterocycles. The Bertz CT molecular complexity index is 390. The van der Waals surface area contributed by atoms with Crippen molar-refractivity contribution in [3.8, 4) is 0 Å². The van der Waals surface area contributed by atoms with Gasteiger partial charge in [0.15, 0.2) is 0 Å². The van der Waals surface area contributed by atoms with Crippen LogP contribution in [-0.4, -0.2) is 11.0 Å². The van der Waals surface area contributed by atoms with Crippen molar-refractivity contribution in [3.63, 3.8) is 0 Å². The van der Waals surface area contributed by atoms with Crippen LogP contribution in [0, 0.1) is 11.8 Å². The van der Waals surface area contributed by atoms with Crippen molar-refractivity contribution in [1.82, 2.24) is 4.98 Å². The molecule has 1 aromatic rings. The van der Waals surface area contributed by atoms with Gasteiger partial charge in [-0.1, -0.05) is 25.7 Å². The largest absolute Gasteiger partial charge is 0.381 e. The molecule has 1 N–H and O–H groups in total. The zero-order valence-electron chi connectivity index (χ0n) is 10.7. The van der Waals surface area contributed by atoms with Crippen LogP contribution >= 0.6 is 15.9 Å². The van der Waals surface area contributed by atoms with Crippen LogP contribution in [0.2, 0.25) is 0 Å². The molecule has 2 aliphatic rings. The average molecular weight is 309 g/mol. The lowest BCUT2D eigenvalue weighted by Crippen LogP contribution is -2.34. The first-order valence-electron chi connectivity index (χ1n) is 7.19. The predicted octanol–water partition coefficient (Wildman–Crippen LogP) is 4.61. The molecule has 0 bridgehead atoms. The van der Waals surface area contributed by atoms with Gasteiger partial charge in [0.25, 0.3) is 0 Å². The molecule has 98 valence electrons. The Morgan fingerprint density at radius 1 is 1.06 bits per heavy atom. The third kappa shape index (κ3) is 2.87. The van der Waals surface area contributed by atoms with Gasteiger partial charge in [0.1, 0.15) is 4.60 Å². The zero-order chi connectivity index (χ0) is 12.4. The lowest BCUT2D eigenvalue weighted by atomic mass is 9.69. The summed E-state index contributed by atoms with van der Waals surface area (Å²) in [5, 5.41) is 3.66. The fourth-order valence-corrected chi connectivity index (χ4v) is 3.94. The van der Waals surface area contributed by atoms with Gasteiger partial charge in [0, 0.05) is 6.04 Å². The summed E-state index contributed by atoms with van der Waals surface area (Å²) in [4.78, 5) is 4.28. The molecule has 2 aliphatic carbocycles. The smallest absolute Gasteiger partial charge is 0.106 e. The monoisotopic (exact) mass is 308 g/mol. The van der Waals surface area contributed by atoms with E-state index in [1.54, 1.807) is 0 Å². The van der Waals surface area contributed by atoms with Crippen molar-refractivity contribution in [2.24, 2.45) is 11.8 Å². The topological polar surface area (TPSA) is 24.9 Å². The number of anilines is 1. The third-order valence-corrected chi connectivity index (χ3v) is 5.11. The SMILES string of the molecule is Brc1ccc(NC2CCC3CCCCC3C2)cn1. The van der Waals surface area contributed by atoms with Crippen molar-refractivity contribution in [2.75, 3.05) is 5.32 Å². The number of aromatic nitrogens is 1. The van der Waals surface area contributed by atoms with Gasteiger partial charge in [-0.25, -0.2) is 4.98 Å². The number of rotatable bonds is 2. The fourth-order valence-electron chi connectivity index (χ4n) is 3.70. The molecule has 0 radical (unpaired) electrons. The lowest BCUT2D eigenvalue weighted by Gasteiger charge is -2.39. The Labute approximate surface area is 118 Å². The standard InChI is InChI=1S/C15H21BrN2/c16-15-8-7-14(10-17-15)18-13-6-5-11-3-1-2-4-12(11)9-13/h7-8,10-13,18H,1-6,9H2. The Morgan fingerprint density at radius 3 is 2.67 bits per heavy atom. The summed E-state index contributed by atoms with van der Waals surface area (Å²) in [5.74, 6) is 2.01. The van der Waals surface area contributed by atoms with Gasteiger partial charge in [0.05, 0.1) is 11.9 Å². The Hall–Kier alpha value is -0.570. The molecule has 0 amide bonds. The second kappa shape index (κ2) is 5.60. The average Bonchev–Trinajstić information content (AvgIpc) is 2.41. The fraction of sp³-hybridized carbons (Fsp3) is 0.667. The predicted molar refractivity (Wildman–Crippen MR) is 78.6 cm³/mol. The number of pyridine rings is 1. The van der Waals surface area contributed by atoms with E-state index in [0.29, 0.717) is 6.04 Å². The summed E-state index contributed by atoms with van der Waals surface area (Å²) in [6.45, 7) is 0.